The van der Waals surface area contributed by atoms with Gasteiger partial charge in [0.25, 0.3) is 0 Å². The number of thiophene rings is 1. The molecular formula is C25H27FN2O6S. The number of hydrogen-bond acceptors (Lipinski definition) is 8. The Bertz CT molecular complexity index is 1210. The zero-order chi connectivity index (χ0) is 25.2. The van der Waals surface area contributed by atoms with E-state index in [0.717, 1.165) is 10.9 Å². The maximum atomic E-state index is 14.1. The number of halogens is 1. The Hall–Kier alpha value is -3.34. The topological polar surface area (TPSA) is 106 Å². The number of nitrogens with one attached hydrogen (secondary N) is 1. The summed E-state index contributed by atoms with van der Waals surface area (Å²) in [6.45, 7) is 0.334. The number of carbonyl (C=O) groups is 2. The minimum absolute atomic E-state index is 0.0264. The molecule has 0 aliphatic heterocycles. The first-order chi connectivity index (χ1) is 17.0. The molecule has 186 valence electrons. The van der Waals surface area contributed by atoms with Gasteiger partial charge < -0.3 is 19.3 Å². The molecule has 8 nitrogen and oxygen atoms in total. The van der Waals surface area contributed by atoms with Crippen LogP contribution in [-0.4, -0.2) is 56.5 Å². The van der Waals surface area contributed by atoms with Crippen LogP contribution in [0.2, 0.25) is 0 Å². The van der Waals surface area contributed by atoms with Crippen LogP contribution in [0, 0.1) is 5.82 Å². The number of ether oxygens (including phenoxy) is 3. The predicted octanol–water partition coefficient (Wildman–Crippen LogP) is 3.94. The number of aliphatic hydroxyl groups excluding tert-OH is 1. The fraction of sp³-hybridized carbons (Fsp3) is 0.320. The van der Waals surface area contributed by atoms with Gasteiger partial charge in [-0.25, -0.2) is 9.82 Å². The number of methoxy groups -OCH3 is 2. The highest BCUT2D eigenvalue weighted by Crippen LogP contribution is 2.30. The van der Waals surface area contributed by atoms with Gasteiger partial charge in [0.2, 0.25) is 5.91 Å². The average Bonchev–Trinajstić information content (AvgIpc) is 3.31. The van der Waals surface area contributed by atoms with Gasteiger partial charge in [0.05, 0.1) is 30.7 Å². The van der Waals surface area contributed by atoms with E-state index in [2.05, 4.69) is 10.5 Å². The monoisotopic (exact) mass is 502 g/mol. The SMILES string of the molecule is COCC/C(=N/NC(=O)CCC(=O)c1ccc(OCCO)c(OC)c1)c1csc2c(F)cccc12. The van der Waals surface area contributed by atoms with E-state index in [1.807, 2.05) is 0 Å². The molecule has 2 N–H and O–H groups in total. The van der Waals surface area contributed by atoms with Crippen LogP contribution in [0.5, 0.6) is 11.5 Å². The van der Waals surface area contributed by atoms with E-state index in [4.69, 9.17) is 19.3 Å². The molecule has 0 atom stereocenters. The maximum absolute atomic E-state index is 14.1. The van der Waals surface area contributed by atoms with Crippen molar-refractivity contribution >= 4 is 38.8 Å². The van der Waals surface area contributed by atoms with Crippen LogP contribution in [0.4, 0.5) is 4.39 Å². The lowest BCUT2D eigenvalue weighted by Crippen LogP contribution is -2.21. The number of aliphatic hydroxyl groups is 1. The molecule has 35 heavy (non-hydrogen) atoms. The number of nitrogens with zero attached hydrogens (tertiary/aromatic N) is 1. The third-order valence-electron chi connectivity index (χ3n) is 5.13. The molecule has 0 aliphatic carbocycles. The van der Waals surface area contributed by atoms with Crippen molar-refractivity contribution < 1.29 is 33.3 Å². The minimum Gasteiger partial charge on any atom is -0.493 e. The van der Waals surface area contributed by atoms with Gasteiger partial charge >= 0.3 is 0 Å². The van der Waals surface area contributed by atoms with Crippen LogP contribution in [0.3, 0.4) is 0 Å². The summed E-state index contributed by atoms with van der Waals surface area (Å²) in [5, 5.41) is 15.7. The first-order valence-electron chi connectivity index (χ1n) is 10.9. The molecule has 0 fully saturated rings. The largest absolute Gasteiger partial charge is 0.493 e. The van der Waals surface area contributed by atoms with E-state index in [1.54, 1.807) is 36.8 Å². The summed E-state index contributed by atoms with van der Waals surface area (Å²) >= 11 is 1.27. The standard InChI is InChI=1S/C25H27FN2O6S/c1-32-12-10-20(18-15-35-25-17(18)4-3-5-19(25)26)27-28-24(31)9-7-21(30)16-6-8-22(34-13-11-29)23(14-16)33-2/h3-6,8,14-15,29H,7,9-13H2,1-2H3,(H,28,31)/b27-20-. The van der Waals surface area contributed by atoms with Crippen LogP contribution < -0.4 is 14.9 Å². The number of ketones is 1. The molecule has 0 radical (unpaired) electrons. The second kappa shape index (κ2) is 12.9. The van der Waals surface area contributed by atoms with Crippen molar-refractivity contribution in [3.63, 3.8) is 0 Å². The van der Waals surface area contributed by atoms with Crippen molar-refractivity contribution in [3.8, 4) is 11.5 Å². The maximum Gasteiger partial charge on any atom is 0.240 e. The lowest BCUT2D eigenvalue weighted by atomic mass is 10.1. The van der Waals surface area contributed by atoms with E-state index >= 15 is 0 Å². The van der Waals surface area contributed by atoms with E-state index in [-0.39, 0.29) is 37.7 Å². The second-order valence-electron chi connectivity index (χ2n) is 7.46. The number of amides is 1. The Morgan fingerprint density at radius 2 is 1.91 bits per heavy atom. The van der Waals surface area contributed by atoms with Crippen LogP contribution in [0.15, 0.2) is 46.9 Å². The summed E-state index contributed by atoms with van der Waals surface area (Å²) in [7, 11) is 3.01. The smallest absolute Gasteiger partial charge is 0.240 e. The molecule has 10 heteroatoms. The minimum atomic E-state index is -0.422. The summed E-state index contributed by atoms with van der Waals surface area (Å²) in [5.41, 5.74) is 4.17. The van der Waals surface area contributed by atoms with Crippen molar-refractivity contribution in [2.75, 3.05) is 34.0 Å². The van der Waals surface area contributed by atoms with Gasteiger partial charge in [-0.15, -0.1) is 11.3 Å². The highest BCUT2D eigenvalue weighted by Gasteiger charge is 2.15. The Balaban J connectivity index is 1.65. The molecule has 0 saturated heterocycles. The Labute approximate surface area is 206 Å². The molecule has 1 amide bonds. The summed E-state index contributed by atoms with van der Waals surface area (Å²) in [4.78, 5) is 25.0. The van der Waals surface area contributed by atoms with Crippen molar-refractivity contribution in [3.05, 3.63) is 58.7 Å². The van der Waals surface area contributed by atoms with Crippen molar-refractivity contribution in [2.45, 2.75) is 19.3 Å². The van der Waals surface area contributed by atoms with Gasteiger partial charge in [-0.1, -0.05) is 12.1 Å². The van der Waals surface area contributed by atoms with Crippen LogP contribution in [-0.2, 0) is 9.53 Å². The Kier molecular flexibility index (Phi) is 9.71. The van der Waals surface area contributed by atoms with Crippen LogP contribution in [0.25, 0.3) is 10.1 Å². The quantitative estimate of drug-likeness (QED) is 0.208. The number of fused-ring (bicyclic) bond motifs is 1. The number of hydrogen-bond donors (Lipinski definition) is 2. The number of hydrazone groups is 1. The predicted molar refractivity (Wildman–Crippen MR) is 132 cm³/mol. The first kappa shape index (κ1) is 26.3. The number of carbonyl (C=O) groups excluding carboxylic acids is 2. The highest BCUT2D eigenvalue weighted by atomic mass is 32.1. The first-order valence-corrected chi connectivity index (χ1v) is 11.8. The fourth-order valence-corrected chi connectivity index (χ4v) is 4.35. The van der Waals surface area contributed by atoms with E-state index in [1.165, 1.54) is 30.6 Å². The normalized spacial score (nSPS) is 11.5. The van der Waals surface area contributed by atoms with Crippen molar-refractivity contribution in [1.29, 1.82) is 0 Å². The lowest BCUT2D eigenvalue weighted by molar-refractivity contribution is -0.121. The van der Waals surface area contributed by atoms with E-state index in [9.17, 15) is 14.0 Å². The number of benzene rings is 2. The van der Waals surface area contributed by atoms with Gasteiger partial charge in [0.15, 0.2) is 17.3 Å². The average molecular weight is 503 g/mol. The van der Waals surface area contributed by atoms with E-state index < -0.39 is 5.91 Å². The number of Topliss-reactive ketones (excluding diaryl/α,β-unsaturated/α-hetero) is 1. The third kappa shape index (κ3) is 6.84. The molecule has 1 heterocycles. The van der Waals surface area contributed by atoms with Gasteiger partial charge in [-0.2, -0.15) is 5.10 Å². The Morgan fingerprint density at radius 3 is 2.66 bits per heavy atom. The molecule has 0 bridgehead atoms. The lowest BCUT2D eigenvalue weighted by Gasteiger charge is -2.11. The Morgan fingerprint density at radius 1 is 1.09 bits per heavy atom. The zero-order valence-electron chi connectivity index (χ0n) is 19.5. The zero-order valence-corrected chi connectivity index (χ0v) is 20.3. The molecular weight excluding hydrogens is 475 g/mol. The second-order valence-corrected chi connectivity index (χ2v) is 8.34. The molecule has 3 rings (SSSR count). The van der Waals surface area contributed by atoms with Gasteiger partial charge in [0, 0.05) is 48.3 Å². The van der Waals surface area contributed by atoms with Crippen LogP contribution in [0.1, 0.15) is 35.2 Å². The summed E-state index contributed by atoms with van der Waals surface area (Å²) < 4.78 is 30.4. The molecule has 0 aliphatic rings. The molecule has 0 spiro atoms. The molecule has 0 saturated carbocycles. The molecule has 0 unspecified atom stereocenters. The van der Waals surface area contributed by atoms with Crippen LogP contribution >= 0.6 is 11.3 Å². The van der Waals surface area contributed by atoms with Gasteiger partial charge in [-0.3, -0.25) is 9.59 Å². The third-order valence-corrected chi connectivity index (χ3v) is 6.14. The van der Waals surface area contributed by atoms with Gasteiger partial charge in [0.1, 0.15) is 12.4 Å². The van der Waals surface area contributed by atoms with Crippen molar-refractivity contribution in [2.24, 2.45) is 5.10 Å². The molecule has 2 aromatic carbocycles. The summed E-state index contributed by atoms with van der Waals surface area (Å²) in [5.74, 6) is -0.198. The summed E-state index contributed by atoms with van der Waals surface area (Å²) in [6, 6.07) is 9.54. The van der Waals surface area contributed by atoms with Gasteiger partial charge in [-0.05, 0) is 24.3 Å². The van der Waals surface area contributed by atoms with E-state index in [0.29, 0.717) is 40.5 Å². The molecule has 3 aromatic rings. The van der Waals surface area contributed by atoms with Crippen molar-refractivity contribution in [1.82, 2.24) is 5.43 Å². The number of rotatable bonds is 13. The fourth-order valence-electron chi connectivity index (χ4n) is 3.37. The molecule has 1 aromatic heterocycles. The summed E-state index contributed by atoms with van der Waals surface area (Å²) in [6.07, 6.45) is 0.327. The highest BCUT2D eigenvalue weighted by molar-refractivity contribution is 7.17.